The van der Waals surface area contributed by atoms with E-state index < -0.39 is 5.82 Å². The fourth-order valence-electron chi connectivity index (χ4n) is 4.07. The van der Waals surface area contributed by atoms with Crippen LogP contribution in [0.25, 0.3) is 17.0 Å². The molecule has 0 amide bonds. The van der Waals surface area contributed by atoms with E-state index in [0.717, 1.165) is 29.3 Å². The molecule has 4 aromatic rings. The Hall–Kier alpha value is -3.62. The number of aromatic amines is 1. The highest BCUT2D eigenvalue weighted by Gasteiger charge is 2.23. The molecule has 0 aromatic carbocycles. The standard InChI is InChI=1S/C22H22FN7O/c1-12(2)18-11-26-30-20(18)28-19(14-7-15(23)10-24-9-14)29-22(30)27-16-3-4-17-13(8-16)5-6-25-21(17)31/h5-7,9-12,16H,3-4,8H2,1-2H3,(H,25,31)(H,27,28,29)/t16-/m1/s1. The van der Waals surface area contributed by atoms with Crippen LogP contribution in [-0.4, -0.2) is 35.6 Å². The summed E-state index contributed by atoms with van der Waals surface area (Å²) in [5.74, 6) is 0.695. The van der Waals surface area contributed by atoms with Crippen molar-refractivity contribution in [1.29, 1.82) is 0 Å². The topological polar surface area (TPSA) is 101 Å². The molecule has 1 atom stereocenters. The van der Waals surface area contributed by atoms with Crippen molar-refractivity contribution in [1.82, 2.24) is 29.5 Å². The smallest absolute Gasteiger partial charge is 0.251 e. The van der Waals surface area contributed by atoms with Crippen LogP contribution in [0, 0.1) is 5.82 Å². The van der Waals surface area contributed by atoms with Crippen molar-refractivity contribution in [3.8, 4) is 11.4 Å². The normalized spacial score (nSPS) is 15.9. The van der Waals surface area contributed by atoms with E-state index in [4.69, 9.17) is 0 Å². The number of halogens is 1. The predicted octanol–water partition coefficient (Wildman–Crippen LogP) is 3.11. The van der Waals surface area contributed by atoms with Crippen LogP contribution >= 0.6 is 0 Å². The van der Waals surface area contributed by atoms with Gasteiger partial charge in [-0.2, -0.15) is 14.6 Å². The first-order valence-corrected chi connectivity index (χ1v) is 10.3. The van der Waals surface area contributed by atoms with Crippen LogP contribution in [0.15, 0.2) is 41.7 Å². The molecule has 5 rings (SSSR count). The van der Waals surface area contributed by atoms with Crippen molar-refractivity contribution in [3.63, 3.8) is 0 Å². The molecule has 1 aliphatic rings. The molecule has 0 spiro atoms. The Morgan fingerprint density at radius 1 is 1.26 bits per heavy atom. The molecule has 0 radical (unpaired) electrons. The molecular weight excluding hydrogens is 397 g/mol. The molecule has 0 fully saturated rings. The van der Waals surface area contributed by atoms with E-state index in [1.165, 1.54) is 6.07 Å². The van der Waals surface area contributed by atoms with Crippen molar-refractivity contribution >= 4 is 11.6 Å². The first-order chi connectivity index (χ1) is 15.0. The van der Waals surface area contributed by atoms with E-state index in [2.05, 4.69) is 44.2 Å². The van der Waals surface area contributed by atoms with Crippen LogP contribution in [0.4, 0.5) is 10.3 Å². The van der Waals surface area contributed by atoms with Gasteiger partial charge in [-0.25, -0.2) is 9.37 Å². The van der Waals surface area contributed by atoms with Crippen LogP contribution in [0.5, 0.6) is 0 Å². The summed E-state index contributed by atoms with van der Waals surface area (Å²) < 4.78 is 15.5. The van der Waals surface area contributed by atoms with Gasteiger partial charge in [0.2, 0.25) is 5.95 Å². The Morgan fingerprint density at radius 3 is 2.94 bits per heavy atom. The van der Waals surface area contributed by atoms with Crippen LogP contribution in [0.1, 0.15) is 42.9 Å². The lowest BCUT2D eigenvalue weighted by Gasteiger charge is -2.25. The van der Waals surface area contributed by atoms with Gasteiger partial charge >= 0.3 is 0 Å². The quantitative estimate of drug-likeness (QED) is 0.527. The summed E-state index contributed by atoms with van der Waals surface area (Å²) in [6.45, 7) is 4.15. The van der Waals surface area contributed by atoms with E-state index in [1.54, 1.807) is 23.1 Å². The Labute approximate surface area is 177 Å². The Morgan fingerprint density at radius 2 is 2.13 bits per heavy atom. The third-order valence-corrected chi connectivity index (χ3v) is 5.68. The highest BCUT2D eigenvalue weighted by molar-refractivity contribution is 5.62. The van der Waals surface area contributed by atoms with Gasteiger partial charge in [0.1, 0.15) is 5.82 Å². The number of rotatable bonds is 4. The maximum Gasteiger partial charge on any atom is 0.251 e. The summed E-state index contributed by atoms with van der Waals surface area (Å²) in [5, 5.41) is 7.98. The maximum absolute atomic E-state index is 13.8. The second-order valence-corrected chi connectivity index (χ2v) is 8.15. The minimum Gasteiger partial charge on any atom is -0.351 e. The summed E-state index contributed by atoms with van der Waals surface area (Å²) in [4.78, 5) is 28.1. The first-order valence-electron chi connectivity index (χ1n) is 10.3. The molecule has 0 saturated heterocycles. The second kappa shape index (κ2) is 7.57. The molecule has 9 heteroatoms. The van der Waals surface area contributed by atoms with Gasteiger partial charge in [0.05, 0.1) is 12.4 Å². The summed E-state index contributed by atoms with van der Waals surface area (Å²) in [5.41, 5.74) is 4.03. The van der Waals surface area contributed by atoms with Gasteiger partial charge in [-0.3, -0.25) is 9.78 Å². The van der Waals surface area contributed by atoms with Crippen LogP contribution in [0.3, 0.4) is 0 Å². The van der Waals surface area contributed by atoms with Gasteiger partial charge in [0.15, 0.2) is 11.5 Å². The van der Waals surface area contributed by atoms with E-state index in [1.807, 2.05) is 6.07 Å². The third kappa shape index (κ3) is 3.56. The number of hydrogen-bond donors (Lipinski definition) is 2. The zero-order chi connectivity index (χ0) is 21.5. The fourth-order valence-corrected chi connectivity index (χ4v) is 4.07. The molecule has 31 heavy (non-hydrogen) atoms. The first kappa shape index (κ1) is 19.3. The minimum absolute atomic E-state index is 0.0186. The average Bonchev–Trinajstić information content (AvgIpc) is 3.18. The van der Waals surface area contributed by atoms with Crippen molar-refractivity contribution in [2.24, 2.45) is 0 Å². The van der Waals surface area contributed by atoms with Crippen molar-refractivity contribution in [2.45, 2.75) is 45.1 Å². The molecule has 158 valence electrons. The number of pyridine rings is 2. The van der Waals surface area contributed by atoms with Gasteiger partial charge in [-0.15, -0.1) is 0 Å². The Balaban J connectivity index is 1.57. The van der Waals surface area contributed by atoms with Crippen molar-refractivity contribution < 1.29 is 4.39 Å². The molecular formula is C22H22FN7O. The molecule has 2 N–H and O–H groups in total. The van der Waals surface area contributed by atoms with E-state index in [9.17, 15) is 9.18 Å². The van der Waals surface area contributed by atoms with Gasteiger partial charge in [-0.1, -0.05) is 13.8 Å². The zero-order valence-electron chi connectivity index (χ0n) is 17.3. The molecule has 0 bridgehead atoms. The van der Waals surface area contributed by atoms with Crippen LogP contribution < -0.4 is 10.9 Å². The van der Waals surface area contributed by atoms with Crippen LogP contribution in [0.2, 0.25) is 0 Å². The van der Waals surface area contributed by atoms with E-state index in [-0.39, 0.29) is 17.5 Å². The SMILES string of the molecule is CC(C)c1cnn2c(N[C@@H]3CCc4c(cc[nH]c4=O)C3)nc(-c3cncc(F)c3)nc12. The number of nitrogens with one attached hydrogen (secondary N) is 2. The number of hydrogen-bond acceptors (Lipinski definition) is 6. The lowest BCUT2D eigenvalue weighted by Crippen LogP contribution is -2.32. The number of nitrogens with zero attached hydrogens (tertiary/aromatic N) is 5. The molecule has 4 heterocycles. The zero-order valence-corrected chi connectivity index (χ0v) is 17.3. The molecule has 4 aromatic heterocycles. The average molecular weight is 419 g/mol. The van der Waals surface area contributed by atoms with Gasteiger partial charge < -0.3 is 10.3 Å². The van der Waals surface area contributed by atoms with Gasteiger partial charge in [0, 0.05) is 35.1 Å². The number of H-pyrrole nitrogens is 1. The van der Waals surface area contributed by atoms with Gasteiger partial charge in [0.25, 0.3) is 5.56 Å². The number of aromatic nitrogens is 6. The summed E-state index contributed by atoms with van der Waals surface area (Å²) in [6, 6.07) is 3.41. The lowest BCUT2D eigenvalue weighted by molar-refractivity contribution is 0.597. The van der Waals surface area contributed by atoms with E-state index in [0.29, 0.717) is 35.8 Å². The van der Waals surface area contributed by atoms with Crippen LogP contribution in [-0.2, 0) is 12.8 Å². The third-order valence-electron chi connectivity index (χ3n) is 5.68. The Bertz CT molecular complexity index is 1330. The monoisotopic (exact) mass is 419 g/mol. The molecule has 0 saturated carbocycles. The molecule has 0 unspecified atom stereocenters. The lowest BCUT2D eigenvalue weighted by atomic mass is 9.89. The summed E-state index contributed by atoms with van der Waals surface area (Å²) >= 11 is 0. The number of anilines is 1. The van der Waals surface area contributed by atoms with Crippen molar-refractivity contribution in [3.05, 3.63) is 69.8 Å². The summed E-state index contributed by atoms with van der Waals surface area (Å²) in [6.07, 6.45) is 8.37. The largest absolute Gasteiger partial charge is 0.351 e. The van der Waals surface area contributed by atoms with E-state index >= 15 is 0 Å². The highest BCUT2D eigenvalue weighted by atomic mass is 19.1. The fraction of sp³-hybridized carbons (Fsp3) is 0.318. The Kier molecular flexibility index (Phi) is 4.72. The van der Waals surface area contributed by atoms with Gasteiger partial charge in [-0.05, 0) is 42.9 Å². The minimum atomic E-state index is -0.442. The second-order valence-electron chi connectivity index (χ2n) is 8.15. The number of fused-ring (bicyclic) bond motifs is 2. The highest BCUT2D eigenvalue weighted by Crippen LogP contribution is 2.26. The molecule has 0 aliphatic heterocycles. The predicted molar refractivity (Wildman–Crippen MR) is 115 cm³/mol. The molecule has 1 aliphatic carbocycles. The summed E-state index contributed by atoms with van der Waals surface area (Å²) in [7, 11) is 0. The molecule has 8 nitrogen and oxygen atoms in total. The maximum atomic E-state index is 13.8. The van der Waals surface area contributed by atoms with Crippen molar-refractivity contribution in [2.75, 3.05) is 5.32 Å².